The van der Waals surface area contributed by atoms with E-state index in [4.69, 9.17) is 22.4 Å². The highest BCUT2D eigenvalue weighted by Crippen LogP contribution is 2.36. The molecule has 0 amide bonds. The minimum atomic E-state index is -1.74. The molecule has 0 atom stereocenters. The Hall–Kier alpha value is -0.620. The predicted octanol–water partition coefficient (Wildman–Crippen LogP) is 3.28. The highest BCUT2D eigenvalue weighted by Gasteiger charge is 2.25. The number of aliphatic imine (C=N–C) groups is 1. The Kier molecular flexibility index (Phi) is 2.43. The summed E-state index contributed by atoms with van der Waals surface area (Å²) in [4.78, 5) is 6.76. The van der Waals surface area contributed by atoms with Crippen LogP contribution >= 0.6 is 11.3 Å². The van der Waals surface area contributed by atoms with Crippen molar-refractivity contribution < 1.29 is 0 Å². The van der Waals surface area contributed by atoms with Gasteiger partial charge in [-0.1, -0.05) is 18.2 Å². The summed E-state index contributed by atoms with van der Waals surface area (Å²) in [6.45, 7) is 0. The van der Waals surface area contributed by atoms with Crippen molar-refractivity contribution in [2.24, 2.45) is 4.99 Å². The fourth-order valence-corrected chi connectivity index (χ4v) is 6.10. The van der Waals surface area contributed by atoms with Gasteiger partial charge in [0.2, 0.25) is 0 Å². The number of para-hydroxylation sites is 1. The second-order valence-corrected chi connectivity index (χ2v) is 9.78. The molecule has 16 heavy (non-hydrogen) atoms. The van der Waals surface area contributed by atoms with E-state index in [2.05, 4.69) is 4.99 Å². The van der Waals surface area contributed by atoms with Crippen LogP contribution in [0, 0.1) is 0 Å². The topological polar surface area (TPSA) is 12.4 Å². The first-order valence-electron chi connectivity index (χ1n) is 4.66. The van der Waals surface area contributed by atoms with Crippen molar-refractivity contribution in [1.29, 1.82) is 0 Å². The minimum Gasteiger partial charge on any atom is -0.238 e. The number of nitrogens with zero attached hydrogens (tertiary/aromatic N) is 1. The van der Waals surface area contributed by atoms with Gasteiger partial charge < -0.3 is 0 Å². The fourth-order valence-electron chi connectivity index (χ4n) is 1.64. The van der Waals surface area contributed by atoms with Gasteiger partial charge in [-0.25, -0.2) is 4.99 Å². The third kappa shape index (κ3) is 1.47. The van der Waals surface area contributed by atoms with Gasteiger partial charge in [-0.3, -0.25) is 0 Å². The van der Waals surface area contributed by atoms with Crippen molar-refractivity contribution in [3.63, 3.8) is 0 Å². The number of rotatable bonds is 1. The zero-order chi connectivity index (χ0) is 11.2. The lowest BCUT2D eigenvalue weighted by molar-refractivity contribution is 1.41. The van der Waals surface area contributed by atoms with Crippen molar-refractivity contribution in [3.05, 3.63) is 46.7 Å². The number of benzene rings is 1. The Balaban J connectivity index is 2.27. The summed E-state index contributed by atoms with van der Waals surface area (Å²) in [5, 5.41) is 2.94. The summed E-state index contributed by atoms with van der Waals surface area (Å²) in [7, 11) is -1.74. The second kappa shape index (κ2) is 3.70. The van der Waals surface area contributed by atoms with Gasteiger partial charge in [-0.2, -0.15) is 0 Å². The van der Waals surface area contributed by atoms with Gasteiger partial charge in [0.25, 0.3) is 0 Å². The van der Waals surface area contributed by atoms with Crippen LogP contribution in [-0.2, 0) is 29.5 Å². The standard InChI is InChI=1S/C11H7NS4/c13-16(14)10-6-2-1-4-8(10)12-11(16)9-5-3-7-15-9/h1-7H. The van der Waals surface area contributed by atoms with E-state index in [1.54, 1.807) is 11.3 Å². The molecule has 0 saturated heterocycles. The third-order valence-electron chi connectivity index (χ3n) is 2.36. The maximum Gasteiger partial charge on any atom is 0.126 e. The normalized spacial score (nSPS) is 16.9. The maximum atomic E-state index is 5.61. The van der Waals surface area contributed by atoms with Gasteiger partial charge in [-0.15, -0.1) is 11.3 Å². The Bertz CT molecular complexity index is 666. The molecule has 0 spiro atoms. The van der Waals surface area contributed by atoms with Crippen molar-refractivity contribution in [1.82, 2.24) is 0 Å². The summed E-state index contributed by atoms with van der Waals surface area (Å²) in [6, 6.07) is 12.0. The Labute approximate surface area is 108 Å². The van der Waals surface area contributed by atoms with Gasteiger partial charge in [0.1, 0.15) is 5.04 Å². The van der Waals surface area contributed by atoms with Crippen LogP contribution in [-0.4, -0.2) is 5.04 Å². The van der Waals surface area contributed by atoms with Crippen LogP contribution in [0.15, 0.2) is 51.7 Å². The molecule has 0 radical (unpaired) electrons. The number of hydrogen-bond acceptors (Lipinski definition) is 4. The molecule has 0 bridgehead atoms. The van der Waals surface area contributed by atoms with E-state index < -0.39 is 7.15 Å². The average molecular weight is 281 g/mol. The summed E-state index contributed by atoms with van der Waals surface area (Å²) in [5.41, 5.74) is 0.950. The first-order chi connectivity index (χ1) is 7.69. The smallest absolute Gasteiger partial charge is 0.126 e. The minimum absolute atomic E-state index is 0.911. The summed E-state index contributed by atoms with van der Waals surface area (Å²) < 4.78 is 0. The molecule has 1 aromatic heterocycles. The van der Waals surface area contributed by atoms with Crippen LogP contribution < -0.4 is 0 Å². The van der Waals surface area contributed by atoms with Crippen LogP contribution in [0.5, 0.6) is 0 Å². The monoisotopic (exact) mass is 281 g/mol. The highest BCUT2D eigenvalue weighted by atomic mass is 33.1. The zero-order valence-corrected chi connectivity index (χ0v) is 11.4. The van der Waals surface area contributed by atoms with Crippen molar-refractivity contribution >= 4 is 51.6 Å². The maximum absolute atomic E-state index is 5.61. The predicted molar refractivity (Wildman–Crippen MR) is 77.3 cm³/mol. The molecular formula is C11H7NS4. The van der Waals surface area contributed by atoms with E-state index in [0.717, 1.165) is 20.5 Å². The molecule has 1 aliphatic heterocycles. The van der Waals surface area contributed by atoms with E-state index in [-0.39, 0.29) is 0 Å². The molecule has 2 heterocycles. The van der Waals surface area contributed by atoms with Crippen molar-refractivity contribution in [2.45, 2.75) is 4.90 Å². The van der Waals surface area contributed by atoms with Crippen LogP contribution in [0.4, 0.5) is 5.69 Å². The lowest BCUT2D eigenvalue weighted by Gasteiger charge is -2.04. The lowest BCUT2D eigenvalue weighted by Crippen LogP contribution is -2.07. The Morgan fingerprint density at radius 1 is 1.06 bits per heavy atom. The Morgan fingerprint density at radius 3 is 2.56 bits per heavy atom. The van der Waals surface area contributed by atoms with Gasteiger partial charge in [0.15, 0.2) is 0 Å². The van der Waals surface area contributed by atoms with Gasteiger partial charge in [0.05, 0.1) is 10.6 Å². The molecule has 0 fully saturated rings. The first-order valence-corrected chi connectivity index (χ1v) is 9.02. The van der Waals surface area contributed by atoms with Crippen molar-refractivity contribution in [3.8, 4) is 0 Å². The summed E-state index contributed by atoms with van der Waals surface area (Å²) >= 11 is 12.9. The quantitative estimate of drug-likeness (QED) is 0.795. The van der Waals surface area contributed by atoms with Crippen LogP contribution in [0.1, 0.15) is 4.88 Å². The summed E-state index contributed by atoms with van der Waals surface area (Å²) in [6.07, 6.45) is 0. The van der Waals surface area contributed by atoms with E-state index in [0.29, 0.717) is 0 Å². The third-order valence-corrected chi connectivity index (χ3v) is 7.14. The van der Waals surface area contributed by atoms with Crippen molar-refractivity contribution in [2.75, 3.05) is 0 Å². The molecule has 2 aromatic rings. The highest BCUT2D eigenvalue weighted by molar-refractivity contribution is 8.63. The van der Waals surface area contributed by atoms with Gasteiger partial charge in [0, 0.05) is 4.90 Å². The van der Waals surface area contributed by atoms with E-state index in [9.17, 15) is 0 Å². The lowest BCUT2D eigenvalue weighted by atomic mass is 10.3. The number of hydrogen-bond donors (Lipinski definition) is 0. The average Bonchev–Trinajstić information content (AvgIpc) is 2.86. The van der Waals surface area contributed by atoms with Crippen LogP contribution in [0.3, 0.4) is 0 Å². The molecule has 0 saturated carbocycles. The second-order valence-electron chi connectivity index (χ2n) is 3.37. The molecule has 5 heteroatoms. The van der Waals surface area contributed by atoms with Crippen LogP contribution in [0.2, 0.25) is 0 Å². The molecule has 1 aliphatic rings. The van der Waals surface area contributed by atoms with E-state index in [1.807, 2.05) is 41.8 Å². The molecular weight excluding hydrogens is 274 g/mol. The van der Waals surface area contributed by atoms with Gasteiger partial charge >= 0.3 is 0 Å². The molecule has 0 N–H and O–H groups in total. The SMILES string of the molecule is S=S1(=S)C(c2cccs2)=Nc2ccccc21. The van der Waals surface area contributed by atoms with Gasteiger partial charge in [-0.05, 0) is 53.1 Å². The first kappa shape index (κ1) is 10.5. The Morgan fingerprint density at radius 2 is 1.88 bits per heavy atom. The molecule has 0 unspecified atom stereocenters. The fraction of sp³-hybridized carbons (Fsp3) is 0. The van der Waals surface area contributed by atoms with Crippen LogP contribution in [0.25, 0.3) is 0 Å². The molecule has 80 valence electrons. The summed E-state index contributed by atoms with van der Waals surface area (Å²) in [5.74, 6) is 0. The zero-order valence-electron chi connectivity index (χ0n) is 8.12. The largest absolute Gasteiger partial charge is 0.238 e. The van der Waals surface area contributed by atoms with E-state index >= 15 is 0 Å². The molecule has 3 rings (SSSR count). The molecule has 1 nitrogen and oxygen atoms in total. The number of thiophene rings is 1. The molecule has 1 aromatic carbocycles. The molecule has 0 aliphatic carbocycles. The van der Waals surface area contributed by atoms with E-state index in [1.165, 1.54) is 0 Å². The number of fused-ring (bicyclic) bond motifs is 1.